The number of rotatable bonds is 3. The Hall–Kier alpha value is -1.22. The molecule has 0 amide bonds. The standard InChI is InChI=1S/C11H11NOS/c14-11-3-1-2-9(8-11)4-5-10-6-7-12-13-10/h1-3,6-8,14H,4-5H2. The van der Waals surface area contributed by atoms with Gasteiger partial charge in [0.25, 0.3) is 0 Å². The average Bonchev–Trinajstić information content (AvgIpc) is 2.67. The minimum Gasteiger partial charge on any atom is -0.361 e. The molecule has 1 aromatic heterocycles. The molecule has 0 aliphatic heterocycles. The zero-order valence-corrected chi connectivity index (χ0v) is 8.58. The Morgan fingerprint density at radius 2 is 2.14 bits per heavy atom. The van der Waals surface area contributed by atoms with E-state index in [0.717, 1.165) is 23.5 Å². The molecule has 3 heteroatoms. The van der Waals surface area contributed by atoms with E-state index in [0.29, 0.717) is 0 Å². The maximum absolute atomic E-state index is 5.02. The van der Waals surface area contributed by atoms with E-state index in [1.807, 2.05) is 18.2 Å². The van der Waals surface area contributed by atoms with Crippen molar-refractivity contribution >= 4 is 12.6 Å². The van der Waals surface area contributed by atoms with Crippen LogP contribution in [0.2, 0.25) is 0 Å². The molecule has 0 radical (unpaired) electrons. The molecule has 72 valence electrons. The van der Waals surface area contributed by atoms with Gasteiger partial charge in [0.1, 0.15) is 5.76 Å². The summed E-state index contributed by atoms with van der Waals surface area (Å²) in [5.41, 5.74) is 1.27. The van der Waals surface area contributed by atoms with Crippen molar-refractivity contribution in [3.63, 3.8) is 0 Å². The summed E-state index contributed by atoms with van der Waals surface area (Å²) in [7, 11) is 0. The lowest BCUT2D eigenvalue weighted by Gasteiger charge is -1.99. The van der Waals surface area contributed by atoms with Gasteiger partial charge in [-0.2, -0.15) is 0 Å². The molecule has 0 saturated heterocycles. The quantitative estimate of drug-likeness (QED) is 0.780. The summed E-state index contributed by atoms with van der Waals surface area (Å²) in [6.45, 7) is 0. The first-order valence-corrected chi connectivity index (χ1v) is 4.97. The molecular formula is C11H11NOS. The Morgan fingerprint density at radius 1 is 1.21 bits per heavy atom. The lowest BCUT2D eigenvalue weighted by atomic mass is 10.1. The maximum atomic E-state index is 5.02. The highest BCUT2D eigenvalue weighted by atomic mass is 32.1. The molecular weight excluding hydrogens is 194 g/mol. The molecule has 14 heavy (non-hydrogen) atoms. The van der Waals surface area contributed by atoms with Crippen LogP contribution in [0.3, 0.4) is 0 Å². The van der Waals surface area contributed by atoms with Gasteiger partial charge in [0.05, 0.1) is 6.20 Å². The van der Waals surface area contributed by atoms with E-state index in [2.05, 4.69) is 29.9 Å². The summed E-state index contributed by atoms with van der Waals surface area (Å²) in [6, 6.07) is 10.0. The summed E-state index contributed by atoms with van der Waals surface area (Å²) in [5, 5.41) is 3.66. The monoisotopic (exact) mass is 205 g/mol. The minimum absolute atomic E-state index is 0.886. The first-order chi connectivity index (χ1) is 6.84. The van der Waals surface area contributed by atoms with Gasteiger partial charge in [0, 0.05) is 17.4 Å². The molecule has 0 fully saturated rings. The zero-order valence-electron chi connectivity index (χ0n) is 7.68. The molecule has 0 bridgehead atoms. The fourth-order valence-corrected chi connectivity index (χ4v) is 1.60. The molecule has 0 aliphatic rings. The van der Waals surface area contributed by atoms with Crippen molar-refractivity contribution in [1.82, 2.24) is 5.16 Å². The van der Waals surface area contributed by atoms with Crippen molar-refractivity contribution in [3.8, 4) is 0 Å². The second-order valence-corrected chi connectivity index (χ2v) is 3.67. The van der Waals surface area contributed by atoms with Crippen molar-refractivity contribution < 1.29 is 4.52 Å². The van der Waals surface area contributed by atoms with E-state index >= 15 is 0 Å². The largest absolute Gasteiger partial charge is 0.361 e. The lowest BCUT2D eigenvalue weighted by Crippen LogP contribution is -1.89. The zero-order chi connectivity index (χ0) is 9.80. The van der Waals surface area contributed by atoms with Gasteiger partial charge in [-0.05, 0) is 24.1 Å². The minimum atomic E-state index is 0.886. The third-order valence-corrected chi connectivity index (χ3v) is 2.34. The van der Waals surface area contributed by atoms with Gasteiger partial charge in [0.2, 0.25) is 0 Å². The molecule has 0 N–H and O–H groups in total. The fraction of sp³-hybridized carbons (Fsp3) is 0.182. The Labute approximate surface area is 88.3 Å². The number of hydrogen-bond donors (Lipinski definition) is 1. The lowest BCUT2D eigenvalue weighted by molar-refractivity contribution is 0.383. The van der Waals surface area contributed by atoms with Gasteiger partial charge >= 0.3 is 0 Å². The van der Waals surface area contributed by atoms with Crippen molar-refractivity contribution in [2.75, 3.05) is 0 Å². The topological polar surface area (TPSA) is 26.0 Å². The molecule has 2 nitrogen and oxygen atoms in total. The van der Waals surface area contributed by atoms with E-state index in [9.17, 15) is 0 Å². The fourth-order valence-electron chi connectivity index (χ4n) is 1.35. The van der Waals surface area contributed by atoms with Crippen LogP contribution < -0.4 is 0 Å². The summed E-state index contributed by atoms with van der Waals surface area (Å²) in [6.07, 6.45) is 3.52. The Balaban J connectivity index is 1.98. The highest BCUT2D eigenvalue weighted by Crippen LogP contribution is 2.11. The van der Waals surface area contributed by atoms with Crippen molar-refractivity contribution in [1.29, 1.82) is 0 Å². The predicted molar refractivity (Wildman–Crippen MR) is 57.6 cm³/mol. The first kappa shape index (κ1) is 9.34. The molecule has 0 saturated carbocycles. The second kappa shape index (κ2) is 4.33. The van der Waals surface area contributed by atoms with Crippen LogP contribution in [-0.4, -0.2) is 5.16 Å². The van der Waals surface area contributed by atoms with E-state index in [4.69, 9.17) is 4.52 Å². The smallest absolute Gasteiger partial charge is 0.137 e. The van der Waals surface area contributed by atoms with Gasteiger partial charge in [0.15, 0.2) is 0 Å². The molecule has 0 spiro atoms. The molecule has 0 aliphatic carbocycles. The van der Waals surface area contributed by atoms with Gasteiger partial charge in [-0.1, -0.05) is 17.3 Å². The summed E-state index contributed by atoms with van der Waals surface area (Å²) in [4.78, 5) is 1.00. The van der Waals surface area contributed by atoms with Crippen LogP contribution in [0.4, 0.5) is 0 Å². The van der Waals surface area contributed by atoms with Crippen LogP contribution in [0, 0.1) is 0 Å². The summed E-state index contributed by atoms with van der Waals surface area (Å²) < 4.78 is 5.02. The van der Waals surface area contributed by atoms with Gasteiger partial charge in [-0.15, -0.1) is 12.6 Å². The first-order valence-electron chi connectivity index (χ1n) is 4.52. The molecule has 2 aromatic rings. The molecule has 2 rings (SSSR count). The molecule has 0 atom stereocenters. The number of thiol groups is 1. The Morgan fingerprint density at radius 3 is 2.86 bits per heavy atom. The number of benzene rings is 1. The van der Waals surface area contributed by atoms with Crippen molar-refractivity contribution in [3.05, 3.63) is 47.9 Å². The second-order valence-electron chi connectivity index (χ2n) is 3.15. The SMILES string of the molecule is Sc1cccc(CCc2ccno2)c1. The number of hydrogen-bond acceptors (Lipinski definition) is 3. The van der Waals surface area contributed by atoms with E-state index in [1.54, 1.807) is 6.20 Å². The van der Waals surface area contributed by atoms with Crippen molar-refractivity contribution in [2.45, 2.75) is 17.7 Å². The predicted octanol–water partition coefficient (Wildman–Crippen LogP) is 2.75. The average molecular weight is 205 g/mol. The van der Waals surface area contributed by atoms with Crippen LogP contribution in [0.25, 0.3) is 0 Å². The van der Waals surface area contributed by atoms with Crippen LogP contribution in [0.15, 0.2) is 45.9 Å². The molecule has 1 heterocycles. The number of aryl methyl sites for hydroxylation is 2. The van der Waals surface area contributed by atoms with Crippen LogP contribution in [-0.2, 0) is 12.8 Å². The molecule has 0 unspecified atom stereocenters. The van der Waals surface area contributed by atoms with Crippen LogP contribution >= 0.6 is 12.6 Å². The Bertz CT molecular complexity index is 397. The number of nitrogens with zero attached hydrogens (tertiary/aromatic N) is 1. The maximum Gasteiger partial charge on any atom is 0.137 e. The van der Waals surface area contributed by atoms with Crippen LogP contribution in [0.5, 0.6) is 0 Å². The highest BCUT2D eigenvalue weighted by Gasteiger charge is 1.98. The van der Waals surface area contributed by atoms with Crippen LogP contribution in [0.1, 0.15) is 11.3 Å². The summed E-state index contributed by atoms with van der Waals surface area (Å²) >= 11 is 4.29. The third-order valence-electron chi connectivity index (χ3n) is 2.06. The third kappa shape index (κ3) is 2.39. The highest BCUT2D eigenvalue weighted by molar-refractivity contribution is 7.80. The number of aromatic nitrogens is 1. The van der Waals surface area contributed by atoms with Gasteiger partial charge in [-0.3, -0.25) is 0 Å². The Kier molecular flexibility index (Phi) is 2.89. The van der Waals surface area contributed by atoms with E-state index < -0.39 is 0 Å². The van der Waals surface area contributed by atoms with Gasteiger partial charge in [-0.25, -0.2) is 0 Å². The summed E-state index contributed by atoms with van der Waals surface area (Å²) in [5.74, 6) is 0.926. The normalized spacial score (nSPS) is 10.4. The van der Waals surface area contributed by atoms with Crippen molar-refractivity contribution in [2.24, 2.45) is 0 Å². The van der Waals surface area contributed by atoms with E-state index in [1.165, 1.54) is 5.56 Å². The molecule has 1 aromatic carbocycles. The van der Waals surface area contributed by atoms with E-state index in [-0.39, 0.29) is 0 Å². The van der Waals surface area contributed by atoms with Gasteiger partial charge < -0.3 is 4.52 Å².